The van der Waals surface area contributed by atoms with Gasteiger partial charge in [0.1, 0.15) is 11.8 Å². The maximum atomic E-state index is 13.2. The molecule has 2 fully saturated rings. The lowest BCUT2D eigenvalue weighted by atomic mass is 10.1. The number of hydrogen-bond donors (Lipinski definition) is 2. The van der Waals surface area contributed by atoms with Gasteiger partial charge in [0, 0.05) is 43.7 Å². The fourth-order valence-electron chi connectivity index (χ4n) is 4.24. The number of piperazine rings is 1. The minimum absolute atomic E-state index is 0.0973. The molecule has 1 aliphatic heterocycles. The summed E-state index contributed by atoms with van der Waals surface area (Å²) in [5, 5.41) is 6.28. The maximum Gasteiger partial charge on any atom is 0.251 e. The standard InChI is InChI=1S/C26H34N4O4/c1-29-12-14-30(15-13-29)26(32)24(28-25(31)20-6-4-3-5-7-20)17-34-18-27-23-16-22(23)19-8-10-21(33-2)11-9-19/h3-11,22-24,27H,12-18H2,1-2H3,(H,28,31). The molecule has 0 bridgehead atoms. The topological polar surface area (TPSA) is 83.1 Å². The van der Waals surface area contributed by atoms with Gasteiger partial charge < -0.3 is 24.6 Å². The van der Waals surface area contributed by atoms with Gasteiger partial charge in [0.05, 0.1) is 20.4 Å². The zero-order valence-electron chi connectivity index (χ0n) is 19.9. The predicted octanol–water partition coefficient (Wildman–Crippen LogP) is 1.69. The van der Waals surface area contributed by atoms with Gasteiger partial charge in [0.2, 0.25) is 5.91 Å². The minimum Gasteiger partial charge on any atom is -0.497 e. The summed E-state index contributed by atoms with van der Waals surface area (Å²) in [5.74, 6) is 0.937. The van der Waals surface area contributed by atoms with Crippen molar-refractivity contribution in [3.63, 3.8) is 0 Å². The number of carbonyl (C=O) groups excluding carboxylic acids is 2. The Morgan fingerprint density at radius 3 is 2.41 bits per heavy atom. The second-order valence-corrected chi connectivity index (χ2v) is 8.96. The number of benzene rings is 2. The van der Waals surface area contributed by atoms with E-state index >= 15 is 0 Å². The van der Waals surface area contributed by atoms with Gasteiger partial charge in [-0.05, 0) is 43.3 Å². The molecule has 2 aromatic rings. The summed E-state index contributed by atoms with van der Waals surface area (Å²) in [6.07, 6.45) is 1.05. The molecular weight excluding hydrogens is 432 g/mol. The number of methoxy groups -OCH3 is 1. The summed E-state index contributed by atoms with van der Waals surface area (Å²) in [6, 6.07) is 16.7. The number of amides is 2. The number of hydrogen-bond acceptors (Lipinski definition) is 6. The molecule has 8 nitrogen and oxygen atoms in total. The summed E-state index contributed by atoms with van der Waals surface area (Å²) in [7, 11) is 3.71. The number of likely N-dealkylation sites (N-methyl/N-ethyl adjacent to an activating group) is 1. The predicted molar refractivity (Wildman–Crippen MR) is 130 cm³/mol. The zero-order valence-corrected chi connectivity index (χ0v) is 19.9. The van der Waals surface area contributed by atoms with Gasteiger partial charge in [0.15, 0.2) is 0 Å². The molecule has 1 heterocycles. The first-order valence-electron chi connectivity index (χ1n) is 11.8. The molecule has 3 unspecified atom stereocenters. The lowest BCUT2D eigenvalue weighted by Gasteiger charge is -2.34. The van der Waals surface area contributed by atoms with E-state index < -0.39 is 6.04 Å². The average molecular weight is 467 g/mol. The van der Waals surface area contributed by atoms with Crippen LogP contribution in [0.15, 0.2) is 54.6 Å². The van der Waals surface area contributed by atoms with Gasteiger partial charge in [-0.2, -0.15) is 0 Å². The number of ether oxygens (including phenoxy) is 2. The molecule has 34 heavy (non-hydrogen) atoms. The third-order valence-electron chi connectivity index (χ3n) is 6.52. The molecule has 0 radical (unpaired) electrons. The highest BCUT2D eigenvalue weighted by Gasteiger charge is 2.38. The van der Waals surface area contributed by atoms with Crippen molar-refractivity contribution >= 4 is 11.8 Å². The maximum absolute atomic E-state index is 13.2. The number of carbonyl (C=O) groups is 2. The van der Waals surface area contributed by atoms with E-state index in [2.05, 4.69) is 27.7 Å². The van der Waals surface area contributed by atoms with E-state index in [1.54, 1.807) is 19.2 Å². The number of nitrogens with one attached hydrogen (secondary N) is 2. The Hall–Kier alpha value is -2.94. The van der Waals surface area contributed by atoms with Crippen molar-refractivity contribution in [3.8, 4) is 5.75 Å². The van der Waals surface area contributed by atoms with Crippen LogP contribution in [0.1, 0.15) is 28.3 Å². The first-order valence-corrected chi connectivity index (χ1v) is 11.8. The first kappa shape index (κ1) is 24.2. The van der Waals surface area contributed by atoms with Crippen LogP contribution in [0.2, 0.25) is 0 Å². The molecule has 0 aromatic heterocycles. The lowest BCUT2D eigenvalue weighted by molar-refractivity contribution is -0.136. The van der Waals surface area contributed by atoms with Gasteiger partial charge in [-0.25, -0.2) is 0 Å². The Morgan fingerprint density at radius 2 is 1.74 bits per heavy atom. The minimum atomic E-state index is -0.727. The van der Waals surface area contributed by atoms with E-state index in [-0.39, 0.29) is 18.4 Å². The molecule has 2 aliphatic rings. The van der Waals surface area contributed by atoms with Crippen LogP contribution < -0.4 is 15.4 Å². The Labute approximate surface area is 201 Å². The molecule has 0 spiro atoms. The van der Waals surface area contributed by atoms with Crippen LogP contribution in [0.25, 0.3) is 0 Å². The SMILES string of the molecule is COc1ccc(C2CC2NCOCC(NC(=O)c2ccccc2)C(=O)N2CCN(C)CC2)cc1. The first-order chi connectivity index (χ1) is 16.5. The molecule has 1 saturated heterocycles. The Balaban J connectivity index is 1.28. The second-order valence-electron chi connectivity index (χ2n) is 8.96. The van der Waals surface area contributed by atoms with Crippen molar-refractivity contribution in [3.05, 3.63) is 65.7 Å². The molecular formula is C26H34N4O4. The molecule has 2 amide bonds. The summed E-state index contributed by atoms with van der Waals surface area (Å²) in [4.78, 5) is 29.9. The smallest absolute Gasteiger partial charge is 0.251 e. The van der Waals surface area contributed by atoms with E-state index in [9.17, 15) is 9.59 Å². The third-order valence-corrected chi connectivity index (χ3v) is 6.52. The lowest BCUT2D eigenvalue weighted by Crippen LogP contribution is -2.55. The van der Waals surface area contributed by atoms with Gasteiger partial charge in [-0.3, -0.25) is 14.9 Å². The van der Waals surface area contributed by atoms with Gasteiger partial charge in [0.25, 0.3) is 5.91 Å². The average Bonchev–Trinajstić information content (AvgIpc) is 3.66. The molecule has 1 aliphatic carbocycles. The second kappa shape index (κ2) is 11.5. The summed E-state index contributed by atoms with van der Waals surface area (Å²) < 4.78 is 11.1. The van der Waals surface area contributed by atoms with Crippen LogP contribution in [-0.4, -0.2) is 87.4 Å². The summed E-state index contributed by atoms with van der Waals surface area (Å²) >= 11 is 0. The Morgan fingerprint density at radius 1 is 1.03 bits per heavy atom. The Bertz CT molecular complexity index is 945. The highest BCUT2D eigenvalue weighted by Crippen LogP contribution is 2.41. The van der Waals surface area contributed by atoms with Crippen LogP contribution in [0.4, 0.5) is 0 Å². The monoisotopic (exact) mass is 466 g/mol. The molecule has 182 valence electrons. The molecule has 1 saturated carbocycles. The van der Waals surface area contributed by atoms with Crippen molar-refractivity contribution < 1.29 is 19.1 Å². The molecule has 4 rings (SSSR count). The van der Waals surface area contributed by atoms with E-state index in [1.165, 1.54) is 5.56 Å². The highest BCUT2D eigenvalue weighted by atomic mass is 16.5. The van der Waals surface area contributed by atoms with E-state index in [1.807, 2.05) is 42.3 Å². The largest absolute Gasteiger partial charge is 0.497 e. The van der Waals surface area contributed by atoms with Crippen LogP contribution >= 0.6 is 0 Å². The highest BCUT2D eigenvalue weighted by molar-refractivity contribution is 5.97. The van der Waals surface area contributed by atoms with E-state index in [4.69, 9.17) is 9.47 Å². The molecule has 2 N–H and O–H groups in total. The van der Waals surface area contributed by atoms with Crippen LogP contribution in [-0.2, 0) is 9.53 Å². The zero-order chi connectivity index (χ0) is 23.9. The normalized spacial score (nSPS) is 21.1. The fourth-order valence-corrected chi connectivity index (χ4v) is 4.24. The molecule has 3 atom stereocenters. The molecule has 8 heteroatoms. The number of nitrogens with zero attached hydrogens (tertiary/aromatic N) is 2. The van der Waals surface area contributed by atoms with Crippen LogP contribution in [0, 0.1) is 0 Å². The van der Waals surface area contributed by atoms with Gasteiger partial charge in [-0.1, -0.05) is 30.3 Å². The van der Waals surface area contributed by atoms with Crippen molar-refractivity contribution in [2.75, 3.05) is 53.7 Å². The quantitative estimate of drug-likeness (QED) is 0.410. The van der Waals surface area contributed by atoms with Gasteiger partial charge >= 0.3 is 0 Å². The van der Waals surface area contributed by atoms with Gasteiger partial charge in [-0.15, -0.1) is 0 Å². The third kappa shape index (κ3) is 6.34. The van der Waals surface area contributed by atoms with E-state index in [0.29, 0.717) is 37.3 Å². The van der Waals surface area contributed by atoms with Crippen molar-refractivity contribution in [2.45, 2.75) is 24.4 Å². The van der Waals surface area contributed by atoms with E-state index in [0.717, 1.165) is 25.3 Å². The van der Waals surface area contributed by atoms with Crippen molar-refractivity contribution in [1.29, 1.82) is 0 Å². The van der Waals surface area contributed by atoms with Crippen molar-refractivity contribution in [1.82, 2.24) is 20.4 Å². The number of rotatable bonds is 10. The summed E-state index contributed by atoms with van der Waals surface area (Å²) in [6.45, 7) is 3.39. The van der Waals surface area contributed by atoms with Crippen molar-refractivity contribution in [2.24, 2.45) is 0 Å². The fraction of sp³-hybridized carbons (Fsp3) is 0.462. The van der Waals surface area contributed by atoms with Crippen LogP contribution in [0.5, 0.6) is 5.75 Å². The molecule has 2 aromatic carbocycles. The summed E-state index contributed by atoms with van der Waals surface area (Å²) in [5.41, 5.74) is 1.80. The Kier molecular flexibility index (Phi) is 8.16. The van der Waals surface area contributed by atoms with Crippen LogP contribution in [0.3, 0.4) is 0 Å².